The zero-order chi connectivity index (χ0) is 17.3. The van der Waals surface area contributed by atoms with Crippen LogP contribution in [0.5, 0.6) is 0 Å². The van der Waals surface area contributed by atoms with Gasteiger partial charge < -0.3 is 9.84 Å². The number of nitrogens with zero attached hydrogens (tertiary/aromatic N) is 5. The average Bonchev–Trinajstić information content (AvgIpc) is 3.10. The van der Waals surface area contributed by atoms with E-state index < -0.39 is 0 Å². The van der Waals surface area contributed by atoms with Gasteiger partial charge in [0.05, 0.1) is 29.5 Å². The zero-order valence-electron chi connectivity index (χ0n) is 14.0. The van der Waals surface area contributed by atoms with Crippen molar-refractivity contribution in [2.45, 2.75) is 27.2 Å². The molecule has 8 heteroatoms. The van der Waals surface area contributed by atoms with Gasteiger partial charge in [0.15, 0.2) is 5.82 Å². The largest absolute Gasteiger partial charge is 0.361 e. The Hall–Kier alpha value is -3.03. The summed E-state index contributed by atoms with van der Waals surface area (Å²) in [6.07, 6.45) is 3.98. The van der Waals surface area contributed by atoms with Crippen LogP contribution < -0.4 is 5.32 Å². The highest BCUT2D eigenvalue weighted by atomic mass is 16.5. The van der Waals surface area contributed by atoms with Crippen molar-refractivity contribution in [1.29, 1.82) is 0 Å². The quantitative estimate of drug-likeness (QED) is 0.790. The first-order chi connectivity index (χ1) is 11.5. The van der Waals surface area contributed by atoms with Crippen molar-refractivity contribution in [3.63, 3.8) is 0 Å². The molecule has 0 bridgehead atoms. The van der Waals surface area contributed by atoms with Gasteiger partial charge in [0.2, 0.25) is 0 Å². The third-order valence-electron chi connectivity index (χ3n) is 3.71. The summed E-state index contributed by atoms with van der Waals surface area (Å²) in [6.45, 7) is 5.45. The molecular formula is C16H18N6O2. The van der Waals surface area contributed by atoms with E-state index >= 15 is 0 Å². The monoisotopic (exact) mass is 326 g/mol. The van der Waals surface area contributed by atoms with E-state index in [1.54, 1.807) is 24.7 Å². The van der Waals surface area contributed by atoms with Crippen LogP contribution in [0.1, 0.15) is 34.4 Å². The molecule has 0 unspecified atom stereocenters. The number of aryl methyl sites for hydroxylation is 4. The Balaban J connectivity index is 1.80. The molecule has 124 valence electrons. The molecule has 3 heterocycles. The number of anilines is 1. The van der Waals surface area contributed by atoms with Gasteiger partial charge in [-0.2, -0.15) is 5.10 Å². The molecular weight excluding hydrogens is 308 g/mol. The first kappa shape index (κ1) is 15.9. The molecule has 3 aromatic rings. The highest BCUT2D eigenvalue weighted by Crippen LogP contribution is 2.19. The average molecular weight is 326 g/mol. The highest BCUT2D eigenvalue weighted by Gasteiger charge is 2.18. The second-order valence-corrected chi connectivity index (χ2v) is 5.44. The van der Waals surface area contributed by atoms with Gasteiger partial charge in [-0.05, 0) is 26.3 Å². The van der Waals surface area contributed by atoms with Crippen LogP contribution in [0.2, 0.25) is 0 Å². The van der Waals surface area contributed by atoms with Crippen LogP contribution in [-0.4, -0.2) is 30.8 Å². The summed E-state index contributed by atoms with van der Waals surface area (Å²) < 4.78 is 6.77. The number of hydrogen-bond donors (Lipinski definition) is 1. The minimum absolute atomic E-state index is 0.317. The van der Waals surface area contributed by atoms with E-state index in [-0.39, 0.29) is 5.91 Å². The molecule has 0 fully saturated rings. The summed E-state index contributed by atoms with van der Waals surface area (Å²) >= 11 is 0. The van der Waals surface area contributed by atoms with Crippen molar-refractivity contribution in [3.05, 3.63) is 41.2 Å². The molecule has 3 aromatic heterocycles. The van der Waals surface area contributed by atoms with Crippen molar-refractivity contribution in [2.24, 2.45) is 7.05 Å². The minimum atomic E-state index is -0.317. The first-order valence-electron chi connectivity index (χ1n) is 7.59. The summed E-state index contributed by atoms with van der Waals surface area (Å²) in [5.41, 5.74) is 3.52. The SMILES string of the molecule is CCc1cc(-c2cnc(NC(=O)c3c(C)noc3C)cn2)n(C)n1. The van der Waals surface area contributed by atoms with Crippen LogP contribution in [0.15, 0.2) is 23.0 Å². The summed E-state index contributed by atoms with van der Waals surface area (Å²) in [5.74, 6) is 0.514. The number of aromatic nitrogens is 5. The van der Waals surface area contributed by atoms with Crippen LogP contribution in [0.3, 0.4) is 0 Å². The van der Waals surface area contributed by atoms with Crippen LogP contribution in [0.4, 0.5) is 5.82 Å². The number of hydrogen-bond acceptors (Lipinski definition) is 6. The summed E-state index contributed by atoms with van der Waals surface area (Å²) in [4.78, 5) is 20.9. The molecule has 0 aliphatic carbocycles. The van der Waals surface area contributed by atoms with Gasteiger partial charge in [-0.25, -0.2) is 9.97 Å². The number of nitrogens with one attached hydrogen (secondary N) is 1. The van der Waals surface area contributed by atoms with Gasteiger partial charge in [-0.1, -0.05) is 12.1 Å². The molecule has 0 aliphatic rings. The Kier molecular flexibility index (Phi) is 4.11. The van der Waals surface area contributed by atoms with Gasteiger partial charge in [0, 0.05) is 7.05 Å². The summed E-state index contributed by atoms with van der Waals surface area (Å²) in [6, 6.07) is 1.98. The number of carbonyl (C=O) groups excluding carboxylic acids is 1. The second-order valence-electron chi connectivity index (χ2n) is 5.44. The molecule has 24 heavy (non-hydrogen) atoms. The fourth-order valence-electron chi connectivity index (χ4n) is 2.45. The third-order valence-corrected chi connectivity index (χ3v) is 3.71. The molecule has 1 N–H and O–H groups in total. The fourth-order valence-corrected chi connectivity index (χ4v) is 2.45. The molecule has 0 atom stereocenters. The predicted molar refractivity (Wildman–Crippen MR) is 87.5 cm³/mol. The van der Waals surface area contributed by atoms with Crippen molar-refractivity contribution < 1.29 is 9.32 Å². The number of rotatable bonds is 4. The second kappa shape index (κ2) is 6.23. The lowest BCUT2D eigenvalue weighted by atomic mass is 10.2. The van der Waals surface area contributed by atoms with Crippen molar-refractivity contribution >= 4 is 11.7 Å². The maximum absolute atomic E-state index is 12.3. The lowest BCUT2D eigenvalue weighted by Gasteiger charge is -2.05. The summed E-state index contributed by atoms with van der Waals surface area (Å²) in [7, 11) is 1.86. The Labute approximate surface area is 138 Å². The standard InChI is InChI=1S/C16H18N6O2/c1-5-11-6-13(22(4)20-11)12-7-18-14(8-17-12)19-16(23)15-9(2)21-24-10(15)3/h6-8H,5H2,1-4H3,(H,18,19,23). The molecule has 3 rings (SSSR count). The maximum atomic E-state index is 12.3. The Bertz CT molecular complexity index is 859. The molecule has 0 saturated heterocycles. The molecule has 0 spiro atoms. The van der Waals surface area contributed by atoms with E-state index in [0.29, 0.717) is 28.5 Å². The van der Waals surface area contributed by atoms with Crippen molar-refractivity contribution in [1.82, 2.24) is 24.9 Å². The van der Waals surface area contributed by atoms with Crippen LogP contribution in [0.25, 0.3) is 11.4 Å². The fraction of sp³-hybridized carbons (Fsp3) is 0.312. The van der Waals surface area contributed by atoms with E-state index in [9.17, 15) is 4.79 Å². The Morgan fingerprint density at radius 2 is 2.08 bits per heavy atom. The van der Waals surface area contributed by atoms with Gasteiger partial charge in [0.25, 0.3) is 5.91 Å². The van der Waals surface area contributed by atoms with Crippen LogP contribution in [0, 0.1) is 13.8 Å². The van der Waals surface area contributed by atoms with E-state index in [4.69, 9.17) is 4.52 Å². The lowest BCUT2D eigenvalue weighted by molar-refractivity contribution is 0.102. The number of carbonyl (C=O) groups is 1. The Morgan fingerprint density at radius 3 is 2.62 bits per heavy atom. The molecule has 0 aromatic carbocycles. The molecule has 0 saturated carbocycles. The van der Waals surface area contributed by atoms with Gasteiger partial charge in [0.1, 0.15) is 17.0 Å². The van der Waals surface area contributed by atoms with Gasteiger partial charge in [-0.3, -0.25) is 9.48 Å². The van der Waals surface area contributed by atoms with E-state index in [2.05, 4.69) is 25.5 Å². The molecule has 1 amide bonds. The maximum Gasteiger partial charge on any atom is 0.262 e. The van der Waals surface area contributed by atoms with Crippen LogP contribution >= 0.6 is 0 Å². The zero-order valence-corrected chi connectivity index (χ0v) is 14.0. The smallest absolute Gasteiger partial charge is 0.262 e. The molecule has 0 aliphatic heterocycles. The molecule has 8 nitrogen and oxygen atoms in total. The van der Waals surface area contributed by atoms with Gasteiger partial charge in [-0.15, -0.1) is 0 Å². The topological polar surface area (TPSA) is 98.7 Å². The third kappa shape index (κ3) is 2.90. The van der Waals surface area contributed by atoms with E-state index in [1.165, 1.54) is 6.20 Å². The summed E-state index contributed by atoms with van der Waals surface area (Å²) in [5, 5.41) is 10.9. The van der Waals surface area contributed by atoms with Crippen molar-refractivity contribution in [3.8, 4) is 11.4 Å². The lowest BCUT2D eigenvalue weighted by Crippen LogP contribution is -2.14. The van der Waals surface area contributed by atoms with Gasteiger partial charge >= 0.3 is 0 Å². The van der Waals surface area contributed by atoms with Crippen LogP contribution in [-0.2, 0) is 13.5 Å². The minimum Gasteiger partial charge on any atom is -0.361 e. The first-order valence-corrected chi connectivity index (χ1v) is 7.59. The normalized spacial score (nSPS) is 10.8. The Morgan fingerprint density at radius 1 is 1.29 bits per heavy atom. The highest BCUT2D eigenvalue weighted by molar-refractivity contribution is 6.05. The van der Waals surface area contributed by atoms with E-state index in [0.717, 1.165) is 17.8 Å². The molecule has 0 radical (unpaired) electrons. The van der Waals surface area contributed by atoms with E-state index in [1.807, 2.05) is 20.0 Å². The number of amides is 1. The predicted octanol–water partition coefficient (Wildman–Crippen LogP) is 2.30. The van der Waals surface area contributed by atoms with Crippen molar-refractivity contribution in [2.75, 3.05) is 5.32 Å².